The Hall–Kier alpha value is -3.37. The number of imidazole rings is 1. The number of nitrogens with two attached hydrogens (primary N) is 1. The number of carbonyl (C=O) groups is 2. The number of nitrogens with one attached hydrogen (secondary N) is 2. The van der Waals surface area contributed by atoms with Crippen LogP contribution < -0.4 is 10.5 Å². The van der Waals surface area contributed by atoms with E-state index < -0.39 is 36.1 Å². The van der Waals surface area contributed by atoms with Gasteiger partial charge in [-0.05, 0) is 55.4 Å². The van der Waals surface area contributed by atoms with Crippen LogP contribution in [0.1, 0.15) is 67.5 Å². The third kappa shape index (κ3) is 6.12. The third-order valence-corrected chi connectivity index (χ3v) is 8.42. The van der Waals surface area contributed by atoms with Crippen molar-refractivity contribution >= 4 is 22.7 Å². The second kappa shape index (κ2) is 11.8. The van der Waals surface area contributed by atoms with Gasteiger partial charge in [-0.2, -0.15) is 0 Å². The van der Waals surface area contributed by atoms with Gasteiger partial charge in [-0.25, -0.2) is 4.98 Å². The summed E-state index contributed by atoms with van der Waals surface area (Å²) in [6.07, 6.45) is 8.52. The van der Waals surface area contributed by atoms with E-state index in [-0.39, 0.29) is 24.0 Å². The maximum absolute atomic E-state index is 14.4. The fourth-order valence-electron chi connectivity index (χ4n) is 6.08. The molecule has 2 aliphatic rings. The quantitative estimate of drug-likeness (QED) is 0.239. The Morgan fingerprint density at radius 2 is 1.92 bits per heavy atom. The Balaban J connectivity index is 1.57. The van der Waals surface area contributed by atoms with Crippen molar-refractivity contribution in [3.8, 4) is 5.75 Å². The molecule has 6 N–H and O–H groups in total. The third-order valence-electron chi connectivity index (χ3n) is 8.42. The summed E-state index contributed by atoms with van der Waals surface area (Å²) in [6, 6.07) is 5.31. The normalized spacial score (nSPS) is 19.4. The lowest BCUT2D eigenvalue weighted by Crippen LogP contribution is -2.60. The first kappa shape index (κ1) is 27.2. The second-order valence-electron chi connectivity index (χ2n) is 11.2. The van der Waals surface area contributed by atoms with Crippen LogP contribution in [0.2, 0.25) is 0 Å². The minimum absolute atomic E-state index is 0.00952. The molecule has 4 atom stereocenters. The summed E-state index contributed by atoms with van der Waals surface area (Å²) in [5.74, 6) is -0.224. The van der Waals surface area contributed by atoms with Crippen molar-refractivity contribution in [3.05, 3.63) is 48.2 Å². The van der Waals surface area contributed by atoms with Crippen LogP contribution in [0.3, 0.4) is 0 Å². The molecule has 10 nitrogen and oxygen atoms in total. The number of primary amides is 1. The maximum Gasteiger partial charge on any atom is 0.271 e. The lowest BCUT2D eigenvalue weighted by atomic mass is 9.81. The van der Waals surface area contributed by atoms with Crippen LogP contribution >= 0.6 is 0 Å². The molecule has 2 amide bonds. The van der Waals surface area contributed by atoms with Crippen LogP contribution in [0, 0.1) is 11.8 Å². The molecule has 2 aliphatic carbocycles. The highest BCUT2D eigenvalue weighted by atomic mass is 16.5. The maximum atomic E-state index is 14.4. The van der Waals surface area contributed by atoms with Gasteiger partial charge in [-0.3, -0.25) is 9.59 Å². The molecule has 0 saturated heterocycles. The van der Waals surface area contributed by atoms with Gasteiger partial charge in [0, 0.05) is 23.5 Å². The van der Waals surface area contributed by atoms with E-state index >= 15 is 0 Å². The predicted octanol–water partition coefficient (Wildman–Crippen LogP) is 2.91. The number of aliphatic hydroxyl groups excluding tert-OH is 2. The number of rotatable bonds is 12. The molecule has 5 rings (SSSR count). The number of H-pyrrole nitrogens is 2. The molecule has 0 aliphatic heterocycles. The first-order valence-electron chi connectivity index (χ1n) is 14.0. The SMILES string of the molecule is COc1ccc2[nH]c(C(=O)N(C(Cc3c[nH]cn3)C(N)=O)[C@@H](CC3CCCCC3)[C@@H](O)[C@@H](O)C3CC3)cc2c1. The molecular weight excluding hydrogens is 498 g/mol. The average molecular weight is 538 g/mol. The number of benzene rings is 1. The number of aliphatic hydroxyl groups is 2. The van der Waals surface area contributed by atoms with Crippen LogP contribution in [-0.4, -0.2) is 73.3 Å². The van der Waals surface area contributed by atoms with Gasteiger partial charge in [0.2, 0.25) is 5.91 Å². The van der Waals surface area contributed by atoms with E-state index in [2.05, 4.69) is 15.0 Å². The summed E-state index contributed by atoms with van der Waals surface area (Å²) in [6.45, 7) is 0. The molecule has 2 saturated carbocycles. The smallest absolute Gasteiger partial charge is 0.271 e. The lowest BCUT2D eigenvalue weighted by Gasteiger charge is -2.42. The number of hydrogen-bond acceptors (Lipinski definition) is 6. The van der Waals surface area contributed by atoms with Gasteiger partial charge in [0.05, 0.1) is 31.3 Å². The fraction of sp³-hybridized carbons (Fsp3) is 0.552. The van der Waals surface area contributed by atoms with Crippen LogP contribution in [-0.2, 0) is 11.2 Å². The summed E-state index contributed by atoms with van der Waals surface area (Å²) in [5, 5.41) is 23.5. The second-order valence-corrected chi connectivity index (χ2v) is 11.2. The molecule has 0 bridgehead atoms. The number of amides is 2. The summed E-state index contributed by atoms with van der Waals surface area (Å²) >= 11 is 0. The number of fused-ring (bicyclic) bond motifs is 1. The van der Waals surface area contributed by atoms with Crippen molar-refractivity contribution in [2.24, 2.45) is 17.6 Å². The monoisotopic (exact) mass is 537 g/mol. The topological polar surface area (TPSA) is 158 Å². The molecular formula is C29H39N5O5. The van der Waals surface area contributed by atoms with Gasteiger partial charge in [0.15, 0.2) is 0 Å². The van der Waals surface area contributed by atoms with E-state index in [1.807, 2.05) is 12.1 Å². The minimum atomic E-state index is -1.21. The molecule has 2 fully saturated rings. The molecule has 1 unspecified atom stereocenters. The van der Waals surface area contributed by atoms with E-state index in [0.717, 1.165) is 49.4 Å². The summed E-state index contributed by atoms with van der Waals surface area (Å²) in [5.41, 5.74) is 7.55. The zero-order chi connectivity index (χ0) is 27.5. The zero-order valence-electron chi connectivity index (χ0n) is 22.4. The van der Waals surface area contributed by atoms with E-state index in [1.54, 1.807) is 25.4 Å². The highest BCUT2D eigenvalue weighted by molar-refractivity contribution is 6.00. The molecule has 210 valence electrons. The van der Waals surface area contributed by atoms with Gasteiger partial charge in [-0.1, -0.05) is 32.1 Å². The largest absolute Gasteiger partial charge is 0.497 e. The van der Waals surface area contributed by atoms with Gasteiger partial charge in [0.1, 0.15) is 23.6 Å². The first-order chi connectivity index (χ1) is 18.9. The van der Waals surface area contributed by atoms with Crippen LogP contribution in [0.25, 0.3) is 10.9 Å². The van der Waals surface area contributed by atoms with E-state index in [1.165, 1.54) is 17.6 Å². The molecule has 1 aromatic carbocycles. The fourth-order valence-corrected chi connectivity index (χ4v) is 6.08. The Morgan fingerprint density at radius 1 is 1.15 bits per heavy atom. The molecule has 2 aromatic heterocycles. The number of carbonyl (C=O) groups excluding carboxylic acids is 2. The van der Waals surface area contributed by atoms with Gasteiger partial charge in [0.25, 0.3) is 5.91 Å². The summed E-state index contributed by atoms with van der Waals surface area (Å²) < 4.78 is 5.34. The van der Waals surface area contributed by atoms with Crippen LogP contribution in [0.5, 0.6) is 5.75 Å². The molecule has 39 heavy (non-hydrogen) atoms. The molecule has 10 heteroatoms. The van der Waals surface area contributed by atoms with E-state index in [9.17, 15) is 19.8 Å². The minimum Gasteiger partial charge on any atom is -0.497 e. The van der Waals surface area contributed by atoms with Crippen LogP contribution in [0.4, 0.5) is 0 Å². The Labute approximate surface area is 227 Å². The highest BCUT2D eigenvalue weighted by Crippen LogP contribution is 2.38. The number of nitrogens with zero attached hydrogens (tertiary/aromatic N) is 2. The highest BCUT2D eigenvalue weighted by Gasteiger charge is 2.45. The summed E-state index contributed by atoms with van der Waals surface area (Å²) in [4.78, 5) is 39.2. The average Bonchev–Trinajstić information content (AvgIpc) is 3.49. The molecule has 3 aromatic rings. The van der Waals surface area contributed by atoms with Crippen molar-refractivity contribution in [1.29, 1.82) is 0 Å². The molecule has 2 heterocycles. The van der Waals surface area contributed by atoms with Gasteiger partial charge < -0.3 is 35.6 Å². The van der Waals surface area contributed by atoms with Gasteiger partial charge in [-0.15, -0.1) is 0 Å². The number of aromatic amines is 2. The first-order valence-corrected chi connectivity index (χ1v) is 14.0. The van der Waals surface area contributed by atoms with Crippen LogP contribution in [0.15, 0.2) is 36.8 Å². The number of hydrogen-bond donors (Lipinski definition) is 5. The Bertz CT molecular complexity index is 1260. The predicted molar refractivity (Wildman–Crippen MR) is 146 cm³/mol. The van der Waals surface area contributed by atoms with E-state index in [4.69, 9.17) is 10.5 Å². The standard InChI is InChI=1S/C29H39N5O5/c1-39-21-9-10-22-19(12-21)13-23(33-22)29(38)34(25(28(30)37)14-20-15-31-16-32-20)24(11-17-5-3-2-4-6-17)27(36)26(35)18-7-8-18/h9-10,12-13,15-18,24-27,33,35-36H,2-8,11,14H2,1H3,(H2,30,37)(H,31,32)/t24-,25?,26-,27+/m0/s1. The number of aromatic nitrogens is 3. The summed E-state index contributed by atoms with van der Waals surface area (Å²) in [7, 11) is 1.58. The zero-order valence-corrected chi connectivity index (χ0v) is 22.4. The van der Waals surface area contributed by atoms with Gasteiger partial charge >= 0.3 is 0 Å². The van der Waals surface area contributed by atoms with Crippen molar-refractivity contribution < 1.29 is 24.5 Å². The van der Waals surface area contributed by atoms with Crippen molar-refractivity contribution in [1.82, 2.24) is 19.9 Å². The Morgan fingerprint density at radius 3 is 2.56 bits per heavy atom. The Kier molecular flexibility index (Phi) is 8.23. The van der Waals surface area contributed by atoms with Crippen molar-refractivity contribution in [2.75, 3.05) is 7.11 Å². The molecule has 0 spiro atoms. The lowest BCUT2D eigenvalue weighted by molar-refractivity contribution is -0.125. The number of methoxy groups -OCH3 is 1. The molecule has 0 radical (unpaired) electrons. The van der Waals surface area contributed by atoms with E-state index in [0.29, 0.717) is 17.9 Å². The number of ether oxygens (including phenoxy) is 1. The van der Waals surface area contributed by atoms with Crippen molar-refractivity contribution in [3.63, 3.8) is 0 Å². The van der Waals surface area contributed by atoms with Crippen molar-refractivity contribution in [2.45, 2.75) is 82.1 Å².